The van der Waals surface area contributed by atoms with Crippen LogP contribution < -0.4 is 20.7 Å². The highest BCUT2D eigenvalue weighted by atomic mass is 16.6. The van der Waals surface area contributed by atoms with Crippen LogP contribution in [-0.2, 0) is 14.3 Å². The van der Waals surface area contributed by atoms with Gasteiger partial charge in [0, 0.05) is 24.3 Å². The smallest absolute Gasteiger partial charge is 0.407 e. The SMILES string of the molecule is CC(C)(C)OC(=O)NCCC(=O)Nc1cccc(NC(=O)CCOc2ccccc2)c1. The Labute approximate surface area is 182 Å². The maximum Gasteiger partial charge on any atom is 0.407 e. The number of amides is 3. The summed E-state index contributed by atoms with van der Waals surface area (Å²) in [5.41, 5.74) is 0.514. The first kappa shape index (κ1) is 23.7. The predicted octanol–water partition coefficient (Wildman–Crippen LogP) is 3.95. The van der Waals surface area contributed by atoms with Crippen LogP contribution in [0.1, 0.15) is 33.6 Å². The van der Waals surface area contributed by atoms with Gasteiger partial charge in [0.1, 0.15) is 11.4 Å². The van der Waals surface area contributed by atoms with Crippen molar-refractivity contribution in [3.8, 4) is 5.75 Å². The van der Waals surface area contributed by atoms with Gasteiger partial charge in [-0.3, -0.25) is 9.59 Å². The number of alkyl carbamates (subject to hydrolysis) is 1. The van der Waals surface area contributed by atoms with Crippen LogP contribution in [0, 0.1) is 0 Å². The summed E-state index contributed by atoms with van der Waals surface area (Å²) in [6.07, 6.45) is -0.282. The molecule has 3 amide bonds. The van der Waals surface area contributed by atoms with Gasteiger partial charge in [-0.05, 0) is 51.1 Å². The number of rotatable bonds is 9. The summed E-state index contributed by atoms with van der Waals surface area (Å²) in [7, 11) is 0. The Morgan fingerprint density at radius 2 is 1.45 bits per heavy atom. The summed E-state index contributed by atoms with van der Waals surface area (Å²) < 4.78 is 10.6. The van der Waals surface area contributed by atoms with Crippen LogP contribution in [0.25, 0.3) is 0 Å². The molecule has 0 aliphatic heterocycles. The van der Waals surface area contributed by atoms with Gasteiger partial charge in [0.15, 0.2) is 0 Å². The number of benzene rings is 2. The second-order valence-electron chi connectivity index (χ2n) is 7.77. The van der Waals surface area contributed by atoms with E-state index in [1.807, 2.05) is 30.3 Å². The second-order valence-corrected chi connectivity index (χ2v) is 7.77. The summed E-state index contributed by atoms with van der Waals surface area (Å²) in [5.74, 6) is 0.248. The second kappa shape index (κ2) is 11.6. The minimum atomic E-state index is -0.592. The van der Waals surface area contributed by atoms with E-state index in [0.29, 0.717) is 17.1 Å². The van der Waals surface area contributed by atoms with Gasteiger partial charge in [0.25, 0.3) is 0 Å². The van der Waals surface area contributed by atoms with Crippen LogP contribution in [-0.4, -0.2) is 36.7 Å². The highest BCUT2D eigenvalue weighted by Crippen LogP contribution is 2.16. The molecule has 3 N–H and O–H groups in total. The van der Waals surface area contributed by atoms with Crippen LogP contribution >= 0.6 is 0 Å². The summed E-state index contributed by atoms with van der Waals surface area (Å²) >= 11 is 0. The van der Waals surface area contributed by atoms with Crippen molar-refractivity contribution < 1.29 is 23.9 Å². The fourth-order valence-corrected chi connectivity index (χ4v) is 2.49. The Bertz CT molecular complexity index is 878. The molecular weight excluding hydrogens is 398 g/mol. The summed E-state index contributed by atoms with van der Waals surface area (Å²) in [4.78, 5) is 35.8. The quantitative estimate of drug-likeness (QED) is 0.562. The number of hydrogen-bond donors (Lipinski definition) is 3. The zero-order valence-corrected chi connectivity index (χ0v) is 18.1. The van der Waals surface area contributed by atoms with E-state index in [9.17, 15) is 14.4 Å². The highest BCUT2D eigenvalue weighted by Gasteiger charge is 2.16. The van der Waals surface area contributed by atoms with E-state index in [4.69, 9.17) is 9.47 Å². The lowest BCUT2D eigenvalue weighted by Crippen LogP contribution is -2.34. The minimum Gasteiger partial charge on any atom is -0.493 e. The number of carbonyl (C=O) groups excluding carboxylic acids is 3. The molecule has 8 heteroatoms. The lowest BCUT2D eigenvalue weighted by molar-refractivity contribution is -0.117. The summed E-state index contributed by atoms with van der Waals surface area (Å²) in [6.45, 7) is 5.71. The third-order valence-electron chi connectivity index (χ3n) is 3.79. The number of ether oxygens (including phenoxy) is 2. The molecule has 0 heterocycles. The molecule has 2 aromatic carbocycles. The predicted molar refractivity (Wildman–Crippen MR) is 119 cm³/mol. The normalized spacial score (nSPS) is 10.7. The van der Waals surface area contributed by atoms with Gasteiger partial charge in [0.2, 0.25) is 11.8 Å². The first-order valence-electron chi connectivity index (χ1n) is 10.1. The molecular formula is C23H29N3O5. The Morgan fingerprint density at radius 3 is 2.06 bits per heavy atom. The zero-order valence-electron chi connectivity index (χ0n) is 18.1. The molecule has 0 spiro atoms. The number of nitrogens with one attached hydrogen (secondary N) is 3. The molecule has 0 aromatic heterocycles. The Morgan fingerprint density at radius 1 is 0.839 bits per heavy atom. The Hall–Kier alpha value is -3.55. The average Bonchev–Trinajstić information content (AvgIpc) is 2.67. The fourth-order valence-electron chi connectivity index (χ4n) is 2.49. The molecule has 0 atom stereocenters. The molecule has 0 radical (unpaired) electrons. The number of para-hydroxylation sites is 1. The van der Waals surface area contributed by atoms with Crippen molar-refractivity contribution in [3.63, 3.8) is 0 Å². The van der Waals surface area contributed by atoms with Crippen LogP contribution in [0.4, 0.5) is 16.2 Å². The molecule has 2 rings (SSSR count). The van der Waals surface area contributed by atoms with Gasteiger partial charge in [0.05, 0.1) is 13.0 Å². The summed E-state index contributed by atoms with van der Waals surface area (Å²) in [6, 6.07) is 16.1. The van der Waals surface area contributed by atoms with Crippen LogP contribution in [0.3, 0.4) is 0 Å². The zero-order chi connectivity index (χ0) is 22.7. The molecule has 0 fully saturated rings. The first-order valence-corrected chi connectivity index (χ1v) is 10.1. The molecule has 0 aliphatic rings. The lowest BCUT2D eigenvalue weighted by atomic mass is 10.2. The van der Waals surface area contributed by atoms with E-state index >= 15 is 0 Å². The topological polar surface area (TPSA) is 106 Å². The average molecular weight is 428 g/mol. The van der Waals surface area contributed by atoms with Crippen LogP contribution in [0.15, 0.2) is 54.6 Å². The molecule has 0 saturated carbocycles. The van der Waals surface area contributed by atoms with Crippen molar-refractivity contribution in [1.29, 1.82) is 0 Å². The van der Waals surface area contributed by atoms with Crippen molar-refractivity contribution in [2.45, 2.75) is 39.2 Å². The third-order valence-corrected chi connectivity index (χ3v) is 3.79. The molecule has 2 aromatic rings. The maximum atomic E-state index is 12.1. The number of hydrogen-bond acceptors (Lipinski definition) is 5. The van der Waals surface area contributed by atoms with E-state index in [2.05, 4.69) is 16.0 Å². The van der Waals surface area contributed by atoms with Gasteiger partial charge < -0.3 is 25.4 Å². The van der Waals surface area contributed by atoms with Crippen molar-refractivity contribution in [2.24, 2.45) is 0 Å². The van der Waals surface area contributed by atoms with Crippen LogP contribution in [0.2, 0.25) is 0 Å². The van der Waals surface area contributed by atoms with E-state index in [-0.39, 0.29) is 37.8 Å². The summed E-state index contributed by atoms with van der Waals surface area (Å²) in [5, 5.41) is 8.05. The highest BCUT2D eigenvalue weighted by molar-refractivity contribution is 5.94. The number of carbonyl (C=O) groups is 3. The number of anilines is 2. The minimum absolute atomic E-state index is 0.0899. The Kier molecular flexibility index (Phi) is 8.87. The fraction of sp³-hybridized carbons (Fsp3) is 0.348. The van der Waals surface area contributed by atoms with Gasteiger partial charge in [-0.25, -0.2) is 4.79 Å². The van der Waals surface area contributed by atoms with Crippen molar-refractivity contribution in [2.75, 3.05) is 23.8 Å². The molecule has 8 nitrogen and oxygen atoms in total. The molecule has 0 unspecified atom stereocenters. The van der Waals surface area contributed by atoms with Gasteiger partial charge in [-0.2, -0.15) is 0 Å². The Balaban J connectivity index is 1.72. The van der Waals surface area contributed by atoms with Gasteiger partial charge in [-0.1, -0.05) is 24.3 Å². The van der Waals surface area contributed by atoms with E-state index < -0.39 is 11.7 Å². The van der Waals surface area contributed by atoms with Crippen LogP contribution in [0.5, 0.6) is 5.75 Å². The molecule has 31 heavy (non-hydrogen) atoms. The molecule has 0 saturated heterocycles. The van der Waals surface area contributed by atoms with Gasteiger partial charge in [-0.15, -0.1) is 0 Å². The van der Waals surface area contributed by atoms with E-state index in [1.165, 1.54) is 0 Å². The largest absolute Gasteiger partial charge is 0.493 e. The van der Waals surface area contributed by atoms with Crippen molar-refractivity contribution >= 4 is 29.3 Å². The standard InChI is InChI=1S/C23H29N3O5/c1-23(2,3)31-22(29)24-14-12-20(27)25-17-8-7-9-18(16-17)26-21(28)13-15-30-19-10-5-4-6-11-19/h4-11,16H,12-15H2,1-3H3,(H,24,29)(H,25,27)(H,26,28). The lowest BCUT2D eigenvalue weighted by Gasteiger charge is -2.19. The molecule has 0 aliphatic carbocycles. The van der Waals surface area contributed by atoms with Crippen molar-refractivity contribution in [1.82, 2.24) is 5.32 Å². The molecule has 0 bridgehead atoms. The monoisotopic (exact) mass is 427 g/mol. The maximum absolute atomic E-state index is 12.1. The van der Waals surface area contributed by atoms with Crippen molar-refractivity contribution in [3.05, 3.63) is 54.6 Å². The first-order chi connectivity index (χ1) is 14.7. The molecule has 166 valence electrons. The third kappa shape index (κ3) is 10.2. The van der Waals surface area contributed by atoms with Gasteiger partial charge >= 0.3 is 6.09 Å². The van der Waals surface area contributed by atoms with E-state index in [0.717, 1.165) is 0 Å². The van der Waals surface area contributed by atoms with E-state index in [1.54, 1.807) is 45.0 Å².